The lowest BCUT2D eigenvalue weighted by molar-refractivity contribution is -0.142. The highest BCUT2D eigenvalue weighted by Gasteiger charge is 2.29. The maximum atomic E-state index is 13.1. The van der Waals surface area contributed by atoms with Crippen molar-refractivity contribution in [1.82, 2.24) is 14.9 Å². The van der Waals surface area contributed by atoms with E-state index in [2.05, 4.69) is 10.3 Å². The molecule has 0 radical (unpaired) electrons. The summed E-state index contributed by atoms with van der Waals surface area (Å²) in [6.45, 7) is 0. The fourth-order valence-electron chi connectivity index (χ4n) is 3.41. The maximum Gasteiger partial charge on any atom is 0.329 e. The van der Waals surface area contributed by atoms with Crippen LogP contribution in [-0.4, -0.2) is 38.5 Å². The number of aromatic nitrogens is 2. The van der Waals surface area contributed by atoms with Crippen molar-refractivity contribution in [1.29, 1.82) is 0 Å². The number of rotatable bonds is 9. The Morgan fingerprint density at radius 1 is 1.03 bits per heavy atom. The normalized spacial score (nSPS) is 12.8. The number of benzene rings is 2. The summed E-state index contributed by atoms with van der Waals surface area (Å²) in [4.78, 5) is 64.2. The van der Waals surface area contributed by atoms with Gasteiger partial charge in [0.25, 0.3) is 5.56 Å². The third kappa shape index (κ3) is 5.09. The van der Waals surface area contributed by atoms with Gasteiger partial charge in [-0.05, 0) is 24.1 Å². The van der Waals surface area contributed by atoms with Gasteiger partial charge in [0.05, 0.1) is 10.9 Å². The highest BCUT2D eigenvalue weighted by atomic mass is 16.4. The number of amides is 2. The molecule has 10 heteroatoms. The Labute approximate surface area is 181 Å². The first-order valence-electron chi connectivity index (χ1n) is 9.87. The van der Waals surface area contributed by atoms with Crippen LogP contribution in [0.3, 0.4) is 0 Å². The van der Waals surface area contributed by atoms with Gasteiger partial charge in [-0.3, -0.25) is 14.4 Å². The van der Waals surface area contributed by atoms with Crippen LogP contribution in [0.1, 0.15) is 24.4 Å². The summed E-state index contributed by atoms with van der Waals surface area (Å²) >= 11 is 0. The molecule has 166 valence electrons. The maximum absolute atomic E-state index is 13.1. The molecule has 1 aromatic heterocycles. The molecule has 2 atom stereocenters. The molecule has 0 fully saturated rings. The average molecular weight is 438 g/mol. The molecule has 1 heterocycles. The number of H-pyrrole nitrogens is 1. The standard InChI is InChI=1S/C22H22N4O6/c23-18(27)11-10-16(21(30)31)24-19(28)17(12-13-6-2-1-3-7-13)26-20(29)14-8-4-5-9-15(14)25-22(26)32/h1-9,16-17H,10-12H2,(H2,23,27)(H,24,28)(H,25,32)(H,30,31)/t16-,17+/m0/s1. The molecule has 3 rings (SSSR count). The van der Waals surface area contributed by atoms with Crippen molar-refractivity contribution in [2.24, 2.45) is 5.73 Å². The molecule has 2 aromatic carbocycles. The minimum atomic E-state index is -1.41. The minimum absolute atomic E-state index is 0.0316. The molecule has 0 bridgehead atoms. The predicted molar refractivity (Wildman–Crippen MR) is 116 cm³/mol. The summed E-state index contributed by atoms with van der Waals surface area (Å²) in [5.41, 5.74) is 4.59. The zero-order valence-corrected chi connectivity index (χ0v) is 17.0. The van der Waals surface area contributed by atoms with Crippen molar-refractivity contribution in [2.45, 2.75) is 31.3 Å². The van der Waals surface area contributed by atoms with Crippen molar-refractivity contribution in [2.75, 3.05) is 0 Å². The van der Waals surface area contributed by atoms with Crippen LogP contribution in [0.25, 0.3) is 10.9 Å². The van der Waals surface area contributed by atoms with Crippen molar-refractivity contribution >= 4 is 28.7 Å². The molecule has 2 amide bonds. The Balaban J connectivity index is 2.05. The van der Waals surface area contributed by atoms with E-state index in [4.69, 9.17) is 5.73 Å². The van der Waals surface area contributed by atoms with Crippen LogP contribution < -0.4 is 22.3 Å². The van der Waals surface area contributed by atoms with E-state index < -0.39 is 41.1 Å². The molecule has 0 spiro atoms. The number of primary amides is 1. The number of aliphatic carboxylic acids is 1. The number of aromatic amines is 1. The van der Waals surface area contributed by atoms with Crippen LogP contribution in [0.15, 0.2) is 64.2 Å². The van der Waals surface area contributed by atoms with Gasteiger partial charge in [-0.15, -0.1) is 0 Å². The van der Waals surface area contributed by atoms with Gasteiger partial charge in [0.1, 0.15) is 12.1 Å². The summed E-state index contributed by atoms with van der Waals surface area (Å²) < 4.78 is 0.789. The Kier molecular flexibility index (Phi) is 6.83. The average Bonchev–Trinajstić information content (AvgIpc) is 2.76. The Morgan fingerprint density at radius 3 is 2.34 bits per heavy atom. The molecule has 0 saturated carbocycles. The van der Waals surface area contributed by atoms with E-state index in [0.717, 1.165) is 4.57 Å². The van der Waals surface area contributed by atoms with Crippen LogP contribution in [0, 0.1) is 0 Å². The quantitative estimate of drug-likeness (QED) is 0.375. The Hall–Kier alpha value is -4.21. The zero-order valence-electron chi connectivity index (χ0n) is 17.0. The number of carbonyl (C=O) groups excluding carboxylic acids is 2. The van der Waals surface area contributed by atoms with E-state index in [0.29, 0.717) is 11.1 Å². The van der Waals surface area contributed by atoms with Crippen molar-refractivity contribution in [3.05, 3.63) is 81.0 Å². The van der Waals surface area contributed by atoms with Gasteiger partial charge < -0.3 is 21.1 Å². The summed E-state index contributed by atoms with van der Waals surface area (Å²) in [7, 11) is 0. The van der Waals surface area contributed by atoms with E-state index >= 15 is 0 Å². The predicted octanol–water partition coefficient (Wildman–Crippen LogP) is 0.308. The van der Waals surface area contributed by atoms with E-state index in [1.54, 1.807) is 48.5 Å². The summed E-state index contributed by atoms with van der Waals surface area (Å²) in [6.07, 6.45) is -0.509. The van der Waals surface area contributed by atoms with Crippen LogP contribution in [0.4, 0.5) is 0 Å². The van der Waals surface area contributed by atoms with Gasteiger partial charge in [-0.2, -0.15) is 0 Å². The van der Waals surface area contributed by atoms with Gasteiger partial charge in [0.2, 0.25) is 11.8 Å². The van der Waals surface area contributed by atoms with Gasteiger partial charge in [-0.25, -0.2) is 14.2 Å². The van der Waals surface area contributed by atoms with E-state index in [1.807, 2.05) is 0 Å². The number of carboxylic acid groups (broad SMARTS) is 1. The van der Waals surface area contributed by atoms with Crippen LogP contribution in [-0.2, 0) is 20.8 Å². The van der Waals surface area contributed by atoms with Gasteiger partial charge >= 0.3 is 11.7 Å². The summed E-state index contributed by atoms with van der Waals surface area (Å²) in [5.74, 6) is -2.92. The number of carbonyl (C=O) groups is 3. The number of nitrogens with two attached hydrogens (primary N) is 1. The highest BCUT2D eigenvalue weighted by Crippen LogP contribution is 2.14. The Morgan fingerprint density at radius 2 is 1.69 bits per heavy atom. The summed E-state index contributed by atoms with van der Waals surface area (Å²) in [5, 5.41) is 12.0. The smallest absolute Gasteiger partial charge is 0.329 e. The fourth-order valence-corrected chi connectivity index (χ4v) is 3.41. The SMILES string of the molecule is NC(=O)CC[C@H](NC(=O)[C@@H](Cc1ccccc1)n1c(=O)[nH]c2ccccc2c1=O)C(=O)O. The zero-order chi connectivity index (χ0) is 23.3. The number of para-hydroxylation sites is 1. The van der Waals surface area contributed by atoms with E-state index in [1.165, 1.54) is 6.07 Å². The first kappa shape index (κ1) is 22.5. The lowest BCUT2D eigenvalue weighted by Gasteiger charge is -2.22. The largest absolute Gasteiger partial charge is 0.480 e. The highest BCUT2D eigenvalue weighted by molar-refractivity contribution is 5.87. The summed E-state index contributed by atoms with van der Waals surface area (Å²) in [6, 6.07) is 12.3. The molecule has 10 nitrogen and oxygen atoms in total. The second-order valence-corrected chi connectivity index (χ2v) is 7.26. The van der Waals surface area contributed by atoms with Gasteiger partial charge in [0, 0.05) is 12.8 Å². The van der Waals surface area contributed by atoms with Gasteiger partial charge in [0.15, 0.2) is 0 Å². The molecule has 0 saturated heterocycles. The monoisotopic (exact) mass is 438 g/mol. The number of carboxylic acids is 1. The minimum Gasteiger partial charge on any atom is -0.480 e. The Bertz CT molecular complexity index is 1260. The van der Waals surface area contributed by atoms with Crippen LogP contribution in [0.5, 0.6) is 0 Å². The number of nitrogens with zero attached hydrogens (tertiary/aromatic N) is 1. The molecule has 5 N–H and O–H groups in total. The lowest BCUT2D eigenvalue weighted by Crippen LogP contribution is -2.49. The van der Waals surface area contributed by atoms with Gasteiger partial charge in [-0.1, -0.05) is 42.5 Å². The van der Waals surface area contributed by atoms with Crippen molar-refractivity contribution in [3.8, 4) is 0 Å². The molecular weight excluding hydrogens is 416 g/mol. The molecule has 3 aromatic rings. The van der Waals surface area contributed by atoms with Crippen molar-refractivity contribution < 1.29 is 19.5 Å². The molecule has 32 heavy (non-hydrogen) atoms. The van der Waals surface area contributed by atoms with E-state index in [9.17, 15) is 29.1 Å². The number of nitrogens with one attached hydrogen (secondary N) is 2. The lowest BCUT2D eigenvalue weighted by atomic mass is 10.0. The number of hydrogen-bond acceptors (Lipinski definition) is 5. The van der Waals surface area contributed by atoms with E-state index in [-0.39, 0.29) is 24.6 Å². The first-order chi connectivity index (χ1) is 15.3. The van der Waals surface area contributed by atoms with Crippen molar-refractivity contribution in [3.63, 3.8) is 0 Å². The molecule has 0 aliphatic heterocycles. The first-order valence-corrected chi connectivity index (χ1v) is 9.87. The van der Waals surface area contributed by atoms with Crippen LogP contribution in [0.2, 0.25) is 0 Å². The third-order valence-corrected chi connectivity index (χ3v) is 5.02. The van der Waals surface area contributed by atoms with Crippen LogP contribution >= 0.6 is 0 Å². The fraction of sp³-hybridized carbons (Fsp3) is 0.227. The molecule has 0 aliphatic carbocycles. The molecule has 0 unspecified atom stereocenters. The number of fused-ring (bicyclic) bond motifs is 1. The molecule has 0 aliphatic rings. The number of hydrogen-bond donors (Lipinski definition) is 4. The second kappa shape index (κ2) is 9.73. The third-order valence-electron chi connectivity index (χ3n) is 5.02. The topological polar surface area (TPSA) is 164 Å². The molecular formula is C22H22N4O6. The second-order valence-electron chi connectivity index (χ2n) is 7.26.